The fourth-order valence-corrected chi connectivity index (χ4v) is 2.76. The molecule has 0 unspecified atom stereocenters. The summed E-state index contributed by atoms with van der Waals surface area (Å²) in [5.74, 6) is 2.46. The summed E-state index contributed by atoms with van der Waals surface area (Å²) in [6.07, 6.45) is 3.39. The van der Waals surface area contributed by atoms with Crippen molar-refractivity contribution in [1.29, 1.82) is 0 Å². The number of oxazole rings is 1. The molecule has 0 bridgehead atoms. The van der Waals surface area contributed by atoms with E-state index in [9.17, 15) is 4.39 Å². The number of aromatic nitrogens is 3. The zero-order valence-corrected chi connectivity index (χ0v) is 16.6. The molecule has 1 aromatic carbocycles. The highest BCUT2D eigenvalue weighted by Gasteiger charge is 2.09. The number of benzene rings is 1. The van der Waals surface area contributed by atoms with E-state index in [-0.39, 0.29) is 5.82 Å². The summed E-state index contributed by atoms with van der Waals surface area (Å²) >= 11 is 0. The number of guanidine groups is 1. The van der Waals surface area contributed by atoms with Crippen molar-refractivity contribution in [3.8, 4) is 5.69 Å². The molecule has 8 heteroatoms. The second-order valence-electron chi connectivity index (χ2n) is 6.43. The molecule has 2 N–H and O–H groups in total. The van der Waals surface area contributed by atoms with Gasteiger partial charge < -0.3 is 19.6 Å². The van der Waals surface area contributed by atoms with Crippen LogP contribution in [0.4, 0.5) is 4.39 Å². The largest absolute Gasteiger partial charge is 0.444 e. The van der Waals surface area contributed by atoms with Crippen LogP contribution in [0.3, 0.4) is 0 Å². The molecule has 0 atom stereocenters. The maximum absolute atomic E-state index is 14.5. The molecule has 3 aromatic rings. The Morgan fingerprint density at radius 3 is 2.68 bits per heavy atom. The molecule has 0 amide bonds. The van der Waals surface area contributed by atoms with Crippen LogP contribution in [0.25, 0.3) is 5.69 Å². The maximum Gasteiger partial charge on any atom is 0.214 e. The van der Waals surface area contributed by atoms with E-state index in [4.69, 9.17) is 4.42 Å². The van der Waals surface area contributed by atoms with Crippen LogP contribution in [0.5, 0.6) is 0 Å². The Hall–Kier alpha value is -3.16. The monoisotopic (exact) mass is 384 g/mol. The zero-order valence-electron chi connectivity index (χ0n) is 16.6. The second kappa shape index (κ2) is 8.69. The van der Waals surface area contributed by atoms with Crippen LogP contribution in [-0.2, 0) is 13.1 Å². The van der Waals surface area contributed by atoms with E-state index in [1.807, 2.05) is 33.8 Å². The van der Waals surface area contributed by atoms with Crippen molar-refractivity contribution in [3.63, 3.8) is 0 Å². The molecule has 0 aliphatic carbocycles. The van der Waals surface area contributed by atoms with Gasteiger partial charge in [-0.1, -0.05) is 6.07 Å². The molecule has 2 aromatic heterocycles. The molecule has 0 aliphatic heterocycles. The number of imidazole rings is 1. The number of halogens is 1. The molecule has 7 nitrogen and oxygen atoms in total. The molecule has 28 heavy (non-hydrogen) atoms. The lowest BCUT2D eigenvalue weighted by Crippen LogP contribution is -2.36. The van der Waals surface area contributed by atoms with Gasteiger partial charge in [-0.05, 0) is 45.4 Å². The normalized spacial score (nSPS) is 11.7. The van der Waals surface area contributed by atoms with Gasteiger partial charge in [0.25, 0.3) is 0 Å². The van der Waals surface area contributed by atoms with Crippen LogP contribution in [0.2, 0.25) is 0 Å². The first-order valence-corrected chi connectivity index (χ1v) is 9.21. The number of hydrogen-bond donors (Lipinski definition) is 2. The van der Waals surface area contributed by atoms with Crippen molar-refractivity contribution < 1.29 is 8.81 Å². The van der Waals surface area contributed by atoms with Crippen molar-refractivity contribution in [2.24, 2.45) is 4.99 Å². The van der Waals surface area contributed by atoms with Crippen LogP contribution >= 0.6 is 0 Å². The molecule has 0 fully saturated rings. The van der Waals surface area contributed by atoms with Gasteiger partial charge in [0.15, 0.2) is 5.96 Å². The lowest BCUT2D eigenvalue weighted by Gasteiger charge is -2.11. The first kappa shape index (κ1) is 19.6. The number of nitrogens with one attached hydrogen (secondary N) is 2. The van der Waals surface area contributed by atoms with Crippen LogP contribution in [0, 0.1) is 26.6 Å². The first-order chi connectivity index (χ1) is 13.5. The molecular formula is C20H25FN6O. The summed E-state index contributed by atoms with van der Waals surface area (Å²) in [6, 6.07) is 5.11. The summed E-state index contributed by atoms with van der Waals surface area (Å²) in [6.45, 7) is 9.09. The number of aliphatic imine (C=N–C) groups is 1. The van der Waals surface area contributed by atoms with Crippen LogP contribution in [0.1, 0.15) is 35.7 Å². The molecule has 3 rings (SSSR count). The maximum atomic E-state index is 14.5. The van der Waals surface area contributed by atoms with E-state index in [2.05, 4.69) is 25.6 Å². The van der Waals surface area contributed by atoms with E-state index in [1.165, 1.54) is 6.07 Å². The molecule has 0 saturated carbocycles. The second-order valence-corrected chi connectivity index (χ2v) is 6.43. The minimum Gasteiger partial charge on any atom is -0.444 e. The van der Waals surface area contributed by atoms with E-state index in [0.717, 1.165) is 22.8 Å². The molecule has 148 valence electrons. The van der Waals surface area contributed by atoms with E-state index in [1.54, 1.807) is 23.0 Å². The molecule has 0 spiro atoms. The van der Waals surface area contributed by atoms with Gasteiger partial charge in [-0.2, -0.15) is 0 Å². The highest BCUT2D eigenvalue weighted by atomic mass is 19.1. The Morgan fingerprint density at radius 2 is 2.07 bits per heavy atom. The van der Waals surface area contributed by atoms with Crippen LogP contribution < -0.4 is 10.6 Å². The SMILES string of the molecule is CCNC(=NCc1ccc(-n2ccnc2C)c(F)c1)NCc1nc(C)c(C)o1. The fraction of sp³-hybridized carbons (Fsp3) is 0.350. The standard InChI is InChI=1S/C20H25FN6O/c1-5-22-20(25-12-19-26-13(2)14(3)28-19)24-11-16-6-7-18(17(21)10-16)27-9-8-23-15(27)4/h6-10H,5,11-12H2,1-4H3,(H2,22,24,25). The van der Waals surface area contributed by atoms with E-state index >= 15 is 0 Å². The molecule has 0 saturated heterocycles. The Balaban J connectivity index is 1.68. The quantitative estimate of drug-likeness (QED) is 0.504. The average Bonchev–Trinajstić information content (AvgIpc) is 3.23. The zero-order chi connectivity index (χ0) is 20.1. The smallest absolute Gasteiger partial charge is 0.214 e. The summed E-state index contributed by atoms with van der Waals surface area (Å²) in [4.78, 5) is 13.0. The van der Waals surface area contributed by atoms with Crippen molar-refractivity contribution in [2.75, 3.05) is 6.54 Å². The average molecular weight is 384 g/mol. The third-order valence-corrected chi connectivity index (χ3v) is 4.34. The molecular weight excluding hydrogens is 359 g/mol. The highest BCUT2D eigenvalue weighted by molar-refractivity contribution is 5.79. The molecule has 0 aliphatic rings. The summed E-state index contributed by atoms with van der Waals surface area (Å²) in [5, 5.41) is 6.34. The van der Waals surface area contributed by atoms with Gasteiger partial charge in [-0.25, -0.2) is 19.4 Å². The Morgan fingerprint density at radius 1 is 1.25 bits per heavy atom. The summed E-state index contributed by atoms with van der Waals surface area (Å²) in [7, 11) is 0. The lowest BCUT2D eigenvalue weighted by molar-refractivity contribution is 0.463. The number of rotatable bonds is 6. The molecule has 2 heterocycles. The van der Waals surface area contributed by atoms with Crippen molar-refractivity contribution >= 4 is 5.96 Å². The van der Waals surface area contributed by atoms with Crippen molar-refractivity contribution in [2.45, 2.75) is 40.8 Å². The third-order valence-electron chi connectivity index (χ3n) is 4.34. The van der Waals surface area contributed by atoms with Gasteiger partial charge in [0.1, 0.15) is 17.4 Å². The van der Waals surface area contributed by atoms with Crippen molar-refractivity contribution in [1.82, 2.24) is 25.2 Å². The van der Waals surface area contributed by atoms with Gasteiger partial charge in [0, 0.05) is 18.9 Å². The molecule has 0 radical (unpaired) electrons. The fourth-order valence-electron chi connectivity index (χ4n) is 2.76. The van der Waals surface area contributed by atoms with Gasteiger partial charge in [-0.3, -0.25) is 0 Å². The Bertz CT molecular complexity index is 955. The van der Waals surface area contributed by atoms with Crippen LogP contribution in [0.15, 0.2) is 40.0 Å². The van der Waals surface area contributed by atoms with Crippen LogP contribution in [-0.4, -0.2) is 27.0 Å². The topological polar surface area (TPSA) is 80.3 Å². The number of aryl methyl sites for hydroxylation is 3. The number of nitrogens with zero attached hydrogens (tertiary/aromatic N) is 4. The number of hydrogen-bond acceptors (Lipinski definition) is 4. The lowest BCUT2D eigenvalue weighted by atomic mass is 10.2. The summed E-state index contributed by atoms with van der Waals surface area (Å²) < 4.78 is 21.8. The van der Waals surface area contributed by atoms with Gasteiger partial charge in [0.05, 0.1) is 24.5 Å². The predicted molar refractivity (Wildman–Crippen MR) is 106 cm³/mol. The Kier molecular flexibility index (Phi) is 6.08. The van der Waals surface area contributed by atoms with E-state index < -0.39 is 0 Å². The third kappa shape index (κ3) is 4.57. The van der Waals surface area contributed by atoms with Gasteiger partial charge in [-0.15, -0.1) is 0 Å². The minimum atomic E-state index is -0.308. The highest BCUT2D eigenvalue weighted by Crippen LogP contribution is 2.17. The van der Waals surface area contributed by atoms with Gasteiger partial charge >= 0.3 is 0 Å². The Labute approximate surface area is 163 Å². The minimum absolute atomic E-state index is 0.308. The first-order valence-electron chi connectivity index (χ1n) is 9.21. The van der Waals surface area contributed by atoms with Crippen molar-refractivity contribution in [3.05, 3.63) is 65.1 Å². The predicted octanol–water partition coefficient (Wildman–Crippen LogP) is 3.18. The van der Waals surface area contributed by atoms with E-state index in [0.29, 0.717) is 37.2 Å². The van der Waals surface area contributed by atoms with Gasteiger partial charge in [0.2, 0.25) is 5.89 Å². The summed E-state index contributed by atoms with van der Waals surface area (Å²) in [5.41, 5.74) is 2.13.